The third-order valence-corrected chi connectivity index (χ3v) is 4.28. The Balaban J connectivity index is 2.24. The van der Waals surface area contributed by atoms with E-state index in [-0.39, 0.29) is 11.4 Å². The van der Waals surface area contributed by atoms with Crippen molar-refractivity contribution in [2.45, 2.75) is 45.8 Å². The topological polar surface area (TPSA) is 38.8 Å². The van der Waals surface area contributed by atoms with Gasteiger partial charge in [-0.05, 0) is 62.2 Å². The van der Waals surface area contributed by atoms with Crippen LogP contribution >= 0.6 is 0 Å². The van der Waals surface area contributed by atoms with E-state index in [4.69, 9.17) is 9.47 Å². The van der Waals surface area contributed by atoms with Crippen molar-refractivity contribution in [3.05, 3.63) is 36.4 Å². The third kappa shape index (κ3) is 3.99. The molecule has 0 aliphatic carbocycles. The number of carbonyl (C=O) groups excluding carboxylic acids is 1. The molecule has 0 aromatic heterocycles. The maximum atomic E-state index is 12.7. The highest BCUT2D eigenvalue weighted by molar-refractivity contribution is 5.86. The van der Waals surface area contributed by atoms with E-state index in [1.54, 1.807) is 12.0 Å². The quantitative estimate of drug-likeness (QED) is 0.822. The van der Waals surface area contributed by atoms with Crippen LogP contribution in [-0.2, 0) is 4.79 Å². The normalized spacial score (nSPS) is 12.8. The van der Waals surface area contributed by atoms with Crippen molar-refractivity contribution in [1.29, 1.82) is 0 Å². The molecule has 0 aliphatic rings. The van der Waals surface area contributed by atoms with Crippen molar-refractivity contribution in [2.24, 2.45) is 0 Å². The molecule has 0 bridgehead atoms. The SMILES string of the molecule is CCC(Oc1ccc2ccc(OC)cc2c1)C(=O)N(C)C(C)(C)C. The number of methoxy groups -OCH3 is 1. The van der Waals surface area contributed by atoms with Crippen molar-refractivity contribution >= 4 is 16.7 Å². The van der Waals surface area contributed by atoms with Crippen LogP contribution in [0, 0.1) is 0 Å². The van der Waals surface area contributed by atoms with Gasteiger partial charge < -0.3 is 14.4 Å². The van der Waals surface area contributed by atoms with E-state index in [0.29, 0.717) is 12.2 Å². The fourth-order valence-electron chi connectivity index (χ4n) is 2.42. The summed E-state index contributed by atoms with van der Waals surface area (Å²) in [7, 11) is 3.47. The monoisotopic (exact) mass is 329 g/mol. The van der Waals surface area contributed by atoms with E-state index in [2.05, 4.69) is 0 Å². The number of rotatable bonds is 5. The van der Waals surface area contributed by atoms with Crippen LogP contribution in [0.4, 0.5) is 0 Å². The van der Waals surface area contributed by atoms with Gasteiger partial charge in [0.1, 0.15) is 11.5 Å². The molecule has 0 fully saturated rings. The van der Waals surface area contributed by atoms with Gasteiger partial charge in [0.05, 0.1) is 7.11 Å². The van der Waals surface area contributed by atoms with Crippen LogP contribution in [0.1, 0.15) is 34.1 Å². The van der Waals surface area contributed by atoms with Gasteiger partial charge in [0, 0.05) is 12.6 Å². The van der Waals surface area contributed by atoms with E-state index >= 15 is 0 Å². The highest BCUT2D eigenvalue weighted by Gasteiger charge is 2.29. The first-order valence-electron chi connectivity index (χ1n) is 8.28. The maximum absolute atomic E-state index is 12.7. The predicted octanol–water partition coefficient (Wildman–Crippen LogP) is 4.26. The zero-order chi connectivity index (χ0) is 17.9. The molecular formula is C20H27NO3. The van der Waals surface area contributed by atoms with Crippen LogP contribution in [0.5, 0.6) is 11.5 Å². The number of carbonyl (C=O) groups is 1. The Morgan fingerprint density at radius 1 is 1.08 bits per heavy atom. The van der Waals surface area contributed by atoms with E-state index in [9.17, 15) is 4.79 Å². The number of hydrogen-bond donors (Lipinski definition) is 0. The summed E-state index contributed by atoms with van der Waals surface area (Å²) in [5, 5.41) is 2.13. The number of fused-ring (bicyclic) bond motifs is 1. The average molecular weight is 329 g/mol. The van der Waals surface area contributed by atoms with Crippen LogP contribution in [0.3, 0.4) is 0 Å². The van der Waals surface area contributed by atoms with Gasteiger partial charge in [0.25, 0.3) is 5.91 Å². The first kappa shape index (κ1) is 18.1. The Hall–Kier alpha value is -2.23. The van der Waals surface area contributed by atoms with Gasteiger partial charge in [-0.3, -0.25) is 4.79 Å². The van der Waals surface area contributed by atoms with Crippen molar-refractivity contribution in [3.63, 3.8) is 0 Å². The lowest BCUT2D eigenvalue weighted by Crippen LogP contribution is -2.48. The van der Waals surface area contributed by atoms with E-state index < -0.39 is 6.10 Å². The van der Waals surface area contributed by atoms with Gasteiger partial charge in [-0.2, -0.15) is 0 Å². The summed E-state index contributed by atoms with van der Waals surface area (Å²) in [5.41, 5.74) is -0.232. The second kappa shape index (κ2) is 7.12. The second-order valence-electron chi connectivity index (χ2n) is 6.96. The molecule has 0 N–H and O–H groups in total. The summed E-state index contributed by atoms with van der Waals surface area (Å²) in [4.78, 5) is 14.4. The van der Waals surface area contributed by atoms with E-state index in [1.165, 1.54) is 0 Å². The smallest absolute Gasteiger partial charge is 0.263 e. The van der Waals surface area contributed by atoms with Gasteiger partial charge in [0.15, 0.2) is 6.10 Å². The van der Waals surface area contributed by atoms with Crippen LogP contribution in [0.2, 0.25) is 0 Å². The first-order chi connectivity index (χ1) is 11.3. The summed E-state index contributed by atoms with van der Waals surface area (Å²) in [6.07, 6.45) is 0.132. The Kier molecular flexibility index (Phi) is 5.37. The number of likely N-dealkylation sites (N-methyl/N-ethyl adjacent to an activating group) is 1. The molecule has 4 nitrogen and oxygen atoms in total. The number of nitrogens with zero attached hydrogens (tertiary/aromatic N) is 1. The van der Waals surface area contributed by atoms with Gasteiger partial charge in [-0.15, -0.1) is 0 Å². The van der Waals surface area contributed by atoms with Crippen LogP contribution in [0.25, 0.3) is 10.8 Å². The lowest BCUT2D eigenvalue weighted by atomic mass is 10.1. The van der Waals surface area contributed by atoms with Gasteiger partial charge in [-0.1, -0.05) is 19.1 Å². The lowest BCUT2D eigenvalue weighted by molar-refractivity contribution is -0.141. The highest BCUT2D eigenvalue weighted by atomic mass is 16.5. The largest absolute Gasteiger partial charge is 0.497 e. The number of benzene rings is 2. The minimum absolute atomic E-state index is 0.00395. The molecular weight excluding hydrogens is 302 g/mol. The van der Waals surface area contributed by atoms with E-state index in [0.717, 1.165) is 16.5 Å². The molecule has 0 heterocycles. The molecule has 2 rings (SSSR count). The fraction of sp³-hybridized carbons (Fsp3) is 0.450. The standard InChI is InChI=1S/C20H27NO3/c1-7-18(19(22)21(5)20(2,3)4)24-17-11-9-14-8-10-16(23-6)12-15(14)13-17/h8-13,18H,7H2,1-6H3. The summed E-state index contributed by atoms with van der Waals surface area (Å²) in [6.45, 7) is 8.00. The van der Waals surface area contributed by atoms with Crippen LogP contribution in [0.15, 0.2) is 36.4 Å². The molecule has 24 heavy (non-hydrogen) atoms. The molecule has 0 radical (unpaired) electrons. The summed E-state index contributed by atoms with van der Waals surface area (Å²) in [5.74, 6) is 1.49. The highest BCUT2D eigenvalue weighted by Crippen LogP contribution is 2.26. The minimum Gasteiger partial charge on any atom is -0.497 e. The Morgan fingerprint density at radius 2 is 1.67 bits per heavy atom. The van der Waals surface area contributed by atoms with Crippen molar-refractivity contribution in [2.75, 3.05) is 14.2 Å². The molecule has 2 aromatic rings. The number of amides is 1. The Labute approximate surface area is 144 Å². The lowest BCUT2D eigenvalue weighted by Gasteiger charge is -2.34. The number of ether oxygens (including phenoxy) is 2. The van der Waals surface area contributed by atoms with Crippen molar-refractivity contribution < 1.29 is 14.3 Å². The van der Waals surface area contributed by atoms with Crippen molar-refractivity contribution in [1.82, 2.24) is 4.90 Å². The fourth-order valence-corrected chi connectivity index (χ4v) is 2.42. The van der Waals surface area contributed by atoms with E-state index in [1.807, 2.05) is 71.1 Å². The van der Waals surface area contributed by atoms with Crippen molar-refractivity contribution in [3.8, 4) is 11.5 Å². The molecule has 2 aromatic carbocycles. The molecule has 0 aliphatic heterocycles. The average Bonchev–Trinajstić information content (AvgIpc) is 2.56. The first-order valence-corrected chi connectivity index (χ1v) is 8.28. The predicted molar refractivity (Wildman–Crippen MR) is 97.7 cm³/mol. The summed E-state index contributed by atoms with van der Waals surface area (Å²) in [6, 6.07) is 11.8. The third-order valence-electron chi connectivity index (χ3n) is 4.28. The van der Waals surface area contributed by atoms with Gasteiger partial charge in [-0.25, -0.2) is 0 Å². The molecule has 130 valence electrons. The summed E-state index contributed by atoms with van der Waals surface area (Å²) >= 11 is 0. The Morgan fingerprint density at radius 3 is 2.21 bits per heavy atom. The molecule has 1 amide bonds. The molecule has 1 unspecified atom stereocenters. The molecule has 0 saturated heterocycles. The van der Waals surface area contributed by atoms with Gasteiger partial charge >= 0.3 is 0 Å². The molecule has 4 heteroatoms. The summed E-state index contributed by atoms with van der Waals surface area (Å²) < 4.78 is 11.3. The molecule has 0 spiro atoms. The zero-order valence-electron chi connectivity index (χ0n) is 15.4. The minimum atomic E-state index is -0.489. The second-order valence-corrected chi connectivity index (χ2v) is 6.96. The van der Waals surface area contributed by atoms with Gasteiger partial charge in [0.2, 0.25) is 0 Å². The molecule has 0 saturated carbocycles. The number of hydrogen-bond acceptors (Lipinski definition) is 3. The maximum Gasteiger partial charge on any atom is 0.263 e. The van der Waals surface area contributed by atoms with Crippen LogP contribution < -0.4 is 9.47 Å². The zero-order valence-corrected chi connectivity index (χ0v) is 15.4. The Bertz CT molecular complexity index is 718. The molecule has 1 atom stereocenters. The van der Waals surface area contributed by atoms with Crippen LogP contribution in [-0.4, -0.2) is 36.6 Å².